The highest BCUT2D eigenvalue weighted by Gasteiger charge is 2.40. The summed E-state index contributed by atoms with van der Waals surface area (Å²) in [7, 11) is -3.99. The molecule has 0 radical (unpaired) electrons. The number of furan rings is 1. The molecule has 0 amide bonds. The number of benzene rings is 2. The number of sulfonamides is 1. The van der Waals surface area contributed by atoms with Crippen molar-refractivity contribution in [3.63, 3.8) is 0 Å². The molecule has 5 rings (SSSR count). The molecule has 0 aliphatic carbocycles. The summed E-state index contributed by atoms with van der Waals surface area (Å²) in [6.07, 6.45) is -1.60. The van der Waals surface area contributed by atoms with E-state index >= 15 is 0 Å². The molecule has 1 aliphatic heterocycles. The molecule has 1 fully saturated rings. The molecule has 2 aromatic heterocycles. The van der Waals surface area contributed by atoms with Crippen LogP contribution in [0.1, 0.15) is 30.4 Å². The number of carbonyl (C=O) groups is 1. The van der Waals surface area contributed by atoms with Crippen molar-refractivity contribution in [2.24, 2.45) is 0 Å². The summed E-state index contributed by atoms with van der Waals surface area (Å²) in [5.41, 5.74) is 1.21. The third kappa shape index (κ3) is 5.14. The minimum Gasteiger partial charge on any atom is -0.443 e. The van der Waals surface area contributed by atoms with E-state index in [4.69, 9.17) is 4.42 Å². The highest BCUT2D eigenvalue weighted by atomic mass is 32.2. The molecule has 0 saturated carbocycles. The van der Waals surface area contributed by atoms with Gasteiger partial charge in [0, 0.05) is 30.0 Å². The van der Waals surface area contributed by atoms with Crippen LogP contribution in [0.3, 0.4) is 0 Å². The van der Waals surface area contributed by atoms with Crippen molar-refractivity contribution >= 4 is 26.8 Å². The molecule has 192 valence electrons. The summed E-state index contributed by atoms with van der Waals surface area (Å²) in [4.78, 5) is 13.1. The molecule has 0 spiro atoms. The van der Waals surface area contributed by atoms with E-state index in [1.54, 1.807) is 30.3 Å². The predicted molar refractivity (Wildman–Crippen MR) is 129 cm³/mol. The number of hydrogen-bond donors (Lipinski definition) is 0. The molecule has 1 aliphatic rings. The van der Waals surface area contributed by atoms with Gasteiger partial charge in [0.2, 0.25) is 5.09 Å². The molecule has 0 unspecified atom stereocenters. The molecule has 3 heterocycles. The Kier molecular flexibility index (Phi) is 6.59. The van der Waals surface area contributed by atoms with Gasteiger partial charge in [-0.15, -0.1) is 0 Å². The highest BCUT2D eigenvalue weighted by molar-refractivity contribution is 7.89. The normalized spacial score (nSPS) is 16.9. The van der Waals surface area contributed by atoms with Gasteiger partial charge < -0.3 is 4.42 Å². The first kappa shape index (κ1) is 25.1. The van der Waals surface area contributed by atoms with Crippen LogP contribution in [0.4, 0.5) is 13.2 Å². The topological polar surface area (TPSA) is 93.4 Å². The fraction of sp³-hybridized carbons (Fsp3) is 0.269. The van der Waals surface area contributed by atoms with E-state index in [0.717, 1.165) is 12.1 Å². The summed E-state index contributed by atoms with van der Waals surface area (Å²) in [6, 6.07) is 13.9. The Morgan fingerprint density at radius 2 is 1.84 bits per heavy atom. The Labute approximate surface area is 211 Å². The number of alkyl halides is 3. The number of hydrogen-bond acceptors (Lipinski definition) is 6. The summed E-state index contributed by atoms with van der Waals surface area (Å²) < 4.78 is 71.8. The standard InChI is InChI=1S/C26H22F3N3O4S/c27-26(28,29)20-10-8-18(9-11-20)21-14-17(16-30-31-21)7-12-23(33)22-5-3-13-32(22)37(34,35)25-15-19-4-1-2-6-24(19)36-25/h1-2,4,6,8-11,14-16,22H,3,5,7,12-13H2/t22-/m0/s1. The van der Waals surface area contributed by atoms with Gasteiger partial charge in [-0.1, -0.05) is 30.3 Å². The van der Waals surface area contributed by atoms with Gasteiger partial charge in [-0.25, -0.2) is 8.42 Å². The lowest BCUT2D eigenvalue weighted by molar-refractivity contribution is -0.137. The van der Waals surface area contributed by atoms with Crippen LogP contribution in [0.15, 0.2) is 76.4 Å². The molecule has 1 atom stereocenters. The van der Waals surface area contributed by atoms with Gasteiger partial charge in [0.15, 0.2) is 5.78 Å². The van der Waals surface area contributed by atoms with E-state index in [9.17, 15) is 26.4 Å². The van der Waals surface area contributed by atoms with Crippen LogP contribution < -0.4 is 0 Å². The Morgan fingerprint density at radius 3 is 2.57 bits per heavy atom. The molecule has 0 N–H and O–H groups in total. The number of nitrogens with zero attached hydrogens (tertiary/aromatic N) is 3. The Hall–Kier alpha value is -3.57. The molecular weight excluding hydrogens is 507 g/mol. The van der Waals surface area contributed by atoms with Gasteiger partial charge in [-0.3, -0.25) is 4.79 Å². The zero-order valence-electron chi connectivity index (χ0n) is 19.5. The van der Waals surface area contributed by atoms with Crippen molar-refractivity contribution in [2.45, 2.75) is 43.0 Å². The van der Waals surface area contributed by atoms with Crippen LogP contribution in [0.25, 0.3) is 22.2 Å². The van der Waals surface area contributed by atoms with Crippen LogP contribution in [0.5, 0.6) is 0 Å². The SMILES string of the molecule is O=C(CCc1cnnc(-c2ccc(C(F)(F)F)cc2)c1)[C@@H]1CCCN1S(=O)(=O)c1cc2ccccc2o1. The Balaban J connectivity index is 1.28. The third-order valence-electron chi connectivity index (χ3n) is 6.42. The largest absolute Gasteiger partial charge is 0.443 e. The second-order valence-electron chi connectivity index (χ2n) is 8.87. The molecule has 7 nitrogen and oxygen atoms in total. The second-order valence-corrected chi connectivity index (χ2v) is 10.7. The number of aryl methyl sites for hydroxylation is 1. The van der Waals surface area contributed by atoms with Crippen molar-refractivity contribution in [3.8, 4) is 11.3 Å². The summed E-state index contributed by atoms with van der Waals surface area (Å²) in [6.45, 7) is 0.227. The van der Waals surface area contributed by atoms with Crippen molar-refractivity contribution < 1.29 is 30.8 Å². The van der Waals surface area contributed by atoms with Gasteiger partial charge in [-0.2, -0.15) is 27.7 Å². The molecule has 1 saturated heterocycles. The lowest BCUT2D eigenvalue weighted by Crippen LogP contribution is -2.40. The van der Waals surface area contributed by atoms with Gasteiger partial charge in [0.05, 0.1) is 23.5 Å². The highest BCUT2D eigenvalue weighted by Crippen LogP contribution is 2.32. The van der Waals surface area contributed by atoms with E-state index in [1.165, 1.54) is 28.7 Å². The predicted octanol–water partition coefficient (Wildman–Crippen LogP) is 5.26. The number of ketones is 1. The van der Waals surface area contributed by atoms with Crippen LogP contribution in [-0.2, 0) is 27.4 Å². The molecule has 11 heteroatoms. The minimum atomic E-state index is -4.43. The summed E-state index contributed by atoms with van der Waals surface area (Å²) >= 11 is 0. The van der Waals surface area contributed by atoms with Crippen LogP contribution in [0.2, 0.25) is 0 Å². The minimum absolute atomic E-state index is 0.0783. The monoisotopic (exact) mass is 529 g/mol. The smallest absolute Gasteiger partial charge is 0.416 e. The van der Waals surface area contributed by atoms with Gasteiger partial charge in [-0.05, 0) is 49.1 Å². The van der Waals surface area contributed by atoms with E-state index in [-0.39, 0.29) is 30.3 Å². The summed E-state index contributed by atoms with van der Waals surface area (Å²) in [5.74, 6) is -0.218. The van der Waals surface area contributed by atoms with Crippen LogP contribution >= 0.6 is 0 Å². The average molecular weight is 530 g/mol. The number of Topliss-reactive ketones (excluding diaryl/α,β-unsaturated/α-hetero) is 1. The molecule has 4 aromatic rings. The zero-order valence-corrected chi connectivity index (χ0v) is 20.3. The number of halogens is 3. The maximum absolute atomic E-state index is 13.3. The van der Waals surface area contributed by atoms with E-state index in [0.29, 0.717) is 40.6 Å². The van der Waals surface area contributed by atoms with E-state index < -0.39 is 27.8 Å². The maximum Gasteiger partial charge on any atom is 0.416 e. The first-order valence-corrected chi connectivity index (χ1v) is 13.1. The first-order chi connectivity index (χ1) is 17.6. The van der Waals surface area contributed by atoms with Gasteiger partial charge in [0.1, 0.15) is 5.58 Å². The fourth-order valence-electron chi connectivity index (χ4n) is 4.50. The van der Waals surface area contributed by atoms with Crippen molar-refractivity contribution in [3.05, 3.63) is 78.0 Å². The zero-order chi connectivity index (χ0) is 26.2. The number of carbonyl (C=O) groups excluding carboxylic acids is 1. The molecule has 37 heavy (non-hydrogen) atoms. The van der Waals surface area contributed by atoms with Crippen molar-refractivity contribution in [1.29, 1.82) is 0 Å². The number of fused-ring (bicyclic) bond motifs is 1. The molecule has 2 aromatic carbocycles. The van der Waals surface area contributed by atoms with Gasteiger partial charge in [0.25, 0.3) is 10.0 Å². The second kappa shape index (κ2) is 9.71. The number of para-hydroxylation sites is 1. The molecular formula is C26H22F3N3O4S. The maximum atomic E-state index is 13.3. The van der Waals surface area contributed by atoms with Crippen LogP contribution in [-0.4, -0.2) is 41.3 Å². The fourth-order valence-corrected chi connectivity index (χ4v) is 6.13. The lowest BCUT2D eigenvalue weighted by atomic mass is 10.0. The number of aromatic nitrogens is 2. The van der Waals surface area contributed by atoms with E-state index in [1.807, 2.05) is 0 Å². The molecule has 0 bridgehead atoms. The Bertz CT molecular complexity index is 1520. The van der Waals surface area contributed by atoms with Crippen molar-refractivity contribution in [2.75, 3.05) is 6.54 Å². The quantitative estimate of drug-likeness (QED) is 0.324. The number of rotatable bonds is 7. The third-order valence-corrected chi connectivity index (χ3v) is 8.18. The average Bonchev–Trinajstić information content (AvgIpc) is 3.55. The van der Waals surface area contributed by atoms with Gasteiger partial charge >= 0.3 is 6.18 Å². The lowest BCUT2D eigenvalue weighted by Gasteiger charge is -2.21. The Morgan fingerprint density at radius 1 is 1.08 bits per heavy atom. The summed E-state index contributed by atoms with van der Waals surface area (Å²) in [5, 5.41) is 8.38. The first-order valence-electron chi connectivity index (χ1n) is 11.7. The van der Waals surface area contributed by atoms with E-state index in [2.05, 4.69) is 10.2 Å². The van der Waals surface area contributed by atoms with Crippen molar-refractivity contribution in [1.82, 2.24) is 14.5 Å². The van der Waals surface area contributed by atoms with Crippen LogP contribution in [0, 0.1) is 0 Å².